The Morgan fingerprint density at radius 3 is 2.25 bits per heavy atom. The fourth-order valence-corrected chi connectivity index (χ4v) is 7.12. The number of fused-ring (bicyclic) bond motifs is 3. The molecule has 1 amide bonds. The van der Waals surface area contributed by atoms with E-state index in [1.165, 1.54) is 18.2 Å². The first-order chi connectivity index (χ1) is 18.7. The summed E-state index contributed by atoms with van der Waals surface area (Å²) in [5.74, 6) is -3.75. The van der Waals surface area contributed by atoms with Gasteiger partial charge in [0.25, 0.3) is 0 Å². The highest BCUT2D eigenvalue weighted by molar-refractivity contribution is 5.80. The molecule has 3 unspecified atom stereocenters. The second kappa shape index (κ2) is 10.1. The Morgan fingerprint density at radius 1 is 0.950 bits per heavy atom. The lowest BCUT2D eigenvalue weighted by atomic mass is 9.63. The van der Waals surface area contributed by atoms with Crippen molar-refractivity contribution in [3.05, 3.63) is 70.3 Å². The monoisotopic (exact) mass is 567 g/mol. The molecule has 1 N–H and O–H groups in total. The van der Waals surface area contributed by atoms with Crippen LogP contribution in [-0.4, -0.2) is 40.6 Å². The molecule has 0 aromatic heterocycles. The van der Waals surface area contributed by atoms with Gasteiger partial charge in [0.2, 0.25) is 11.6 Å². The van der Waals surface area contributed by atoms with Crippen molar-refractivity contribution >= 4 is 11.9 Å². The number of carboxylic acid groups (broad SMARTS) is 1. The molecule has 1 aliphatic heterocycles. The number of carbonyl (C=O) groups is 2. The number of benzene rings is 2. The van der Waals surface area contributed by atoms with Gasteiger partial charge in [0.05, 0.1) is 5.92 Å². The number of alkyl halides is 4. The van der Waals surface area contributed by atoms with Crippen molar-refractivity contribution in [3.63, 3.8) is 0 Å². The zero-order valence-corrected chi connectivity index (χ0v) is 22.0. The molecule has 1 saturated heterocycles. The molecule has 2 aromatic carbocycles. The minimum atomic E-state index is -5.10. The maximum Gasteiger partial charge on any atom is 0.426 e. The van der Waals surface area contributed by atoms with E-state index in [0.717, 1.165) is 18.2 Å². The molecule has 3 atom stereocenters. The largest absolute Gasteiger partial charge is 0.481 e. The van der Waals surface area contributed by atoms with Gasteiger partial charge in [-0.05, 0) is 92.7 Å². The van der Waals surface area contributed by atoms with Crippen LogP contribution in [0.1, 0.15) is 67.7 Å². The summed E-state index contributed by atoms with van der Waals surface area (Å²) in [5, 5.41) is 9.32. The molecule has 0 radical (unpaired) electrons. The first-order valence-corrected chi connectivity index (χ1v) is 13.6. The fraction of sp³-hybridized carbons (Fsp3) is 0.533. The van der Waals surface area contributed by atoms with Crippen LogP contribution in [0.15, 0.2) is 36.4 Å². The topological polar surface area (TPSA) is 57.6 Å². The van der Waals surface area contributed by atoms with E-state index in [2.05, 4.69) is 0 Å². The van der Waals surface area contributed by atoms with Gasteiger partial charge >= 0.3 is 12.1 Å². The van der Waals surface area contributed by atoms with Gasteiger partial charge < -0.3 is 10.0 Å². The van der Waals surface area contributed by atoms with Gasteiger partial charge in [0, 0.05) is 23.9 Å². The predicted molar refractivity (Wildman–Crippen MR) is 134 cm³/mol. The molecule has 4 nitrogen and oxygen atoms in total. The summed E-state index contributed by atoms with van der Waals surface area (Å²) < 4.78 is 83.1. The Labute approximate surface area is 228 Å². The molecule has 2 aromatic rings. The number of hydrogen-bond donors (Lipinski definition) is 1. The normalized spacial score (nSPS) is 28.0. The zero-order chi connectivity index (χ0) is 29.0. The summed E-state index contributed by atoms with van der Waals surface area (Å²) in [7, 11) is 0. The van der Waals surface area contributed by atoms with Crippen LogP contribution in [0.4, 0.5) is 26.3 Å². The Morgan fingerprint density at radius 2 is 1.62 bits per heavy atom. The van der Waals surface area contributed by atoms with E-state index in [4.69, 9.17) is 0 Å². The molecule has 40 heavy (non-hydrogen) atoms. The van der Waals surface area contributed by atoms with Crippen LogP contribution in [0.5, 0.6) is 0 Å². The van der Waals surface area contributed by atoms with Crippen LogP contribution in [0.25, 0.3) is 0 Å². The van der Waals surface area contributed by atoms with E-state index in [1.54, 1.807) is 4.90 Å². The maximum absolute atomic E-state index is 14.9. The number of rotatable bonds is 5. The van der Waals surface area contributed by atoms with Gasteiger partial charge in [-0.1, -0.05) is 24.3 Å². The van der Waals surface area contributed by atoms with Gasteiger partial charge in [-0.15, -0.1) is 0 Å². The summed E-state index contributed by atoms with van der Waals surface area (Å²) in [6.07, 6.45) is -1.92. The standard InChI is InChI=1S/C30H31F6NO3/c1-28(33,30(34,35)36)21-8-9-22-20(15-21)7-11-25-29(22,16-17-2-10-23(31)24(32)14-17)12-13-37(25)26(38)18-3-5-19(6-4-18)27(39)40/h2,8-10,14-15,18-19,25H,3-7,11-13,16H2,1H3,(H,39,40). The molecule has 1 heterocycles. The lowest BCUT2D eigenvalue weighted by Gasteiger charge is -2.45. The van der Waals surface area contributed by atoms with Gasteiger partial charge in [0.1, 0.15) is 0 Å². The average Bonchev–Trinajstić information content (AvgIpc) is 3.28. The number of halogens is 6. The molecular formula is C30H31F6NO3. The minimum Gasteiger partial charge on any atom is -0.481 e. The van der Waals surface area contributed by atoms with Crippen LogP contribution in [-0.2, 0) is 33.5 Å². The van der Waals surface area contributed by atoms with Crippen LogP contribution in [0.3, 0.4) is 0 Å². The Hall–Kier alpha value is -3.04. The van der Waals surface area contributed by atoms with Crippen molar-refractivity contribution in [2.75, 3.05) is 6.54 Å². The lowest BCUT2D eigenvalue weighted by Crippen LogP contribution is -2.51. The SMILES string of the molecule is CC(F)(c1ccc2c(c1)CCC1N(C(=O)C3CCC(C(=O)O)CC3)CCC21Cc1ccc(F)c(F)c1)C(F)(F)F. The second-order valence-corrected chi connectivity index (χ2v) is 11.7. The van der Waals surface area contributed by atoms with Crippen LogP contribution >= 0.6 is 0 Å². The highest BCUT2D eigenvalue weighted by Crippen LogP contribution is 2.51. The van der Waals surface area contributed by atoms with E-state index in [9.17, 15) is 41.0 Å². The molecule has 1 saturated carbocycles. The molecule has 0 spiro atoms. The third-order valence-electron chi connectivity index (χ3n) is 9.43. The smallest absolute Gasteiger partial charge is 0.426 e. The van der Waals surface area contributed by atoms with Gasteiger partial charge in [0.15, 0.2) is 11.6 Å². The van der Waals surface area contributed by atoms with Crippen LogP contribution < -0.4 is 0 Å². The summed E-state index contributed by atoms with van der Waals surface area (Å²) >= 11 is 0. The van der Waals surface area contributed by atoms with Crippen molar-refractivity contribution in [1.82, 2.24) is 4.90 Å². The first kappa shape index (κ1) is 28.5. The van der Waals surface area contributed by atoms with Crippen molar-refractivity contribution in [2.45, 2.75) is 81.6 Å². The Balaban J connectivity index is 1.51. The summed E-state index contributed by atoms with van der Waals surface area (Å²) in [6, 6.07) is 7.15. The van der Waals surface area contributed by atoms with Crippen molar-refractivity contribution in [2.24, 2.45) is 11.8 Å². The molecular weight excluding hydrogens is 536 g/mol. The number of aryl methyl sites for hydroxylation is 1. The molecule has 2 fully saturated rings. The maximum atomic E-state index is 14.9. The van der Waals surface area contributed by atoms with E-state index in [-0.39, 0.29) is 24.3 Å². The number of likely N-dealkylation sites (tertiary alicyclic amines) is 1. The quantitative estimate of drug-likeness (QED) is 0.413. The van der Waals surface area contributed by atoms with Crippen molar-refractivity contribution in [1.29, 1.82) is 0 Å². The first-order valence-electron chi connectivity index (χ1n) is 13.6. The molecule has 216 valence electrons. The summed E-state index contributed by atoms with van der Waals surface area (Å²) in [4.78, 5) is 26.9. The van der Waals surface area contributed by atoms with Gasteiger partial charge in [-0.3, -0.25) is 9.59 Å². The average molecular weight is 568 g/mol. The van der Waals surface area contributed by atoms with Crippen LogP contribution in [0, 0.1) is 23.5 Å². The number of amides is 1. The Bertz CT molecular complexity index is 1320. The number of hydrogen-bond acceptors (Lipinski definition) is 2. The van der Waals surface area contributed by atoms with E-state index in [0.29, 0.717) is 75.1 Å². The second-order valence-electron chi connectivity index (χ2n) is 11.7. The minimum absolute atomic E-state index is 0.0746. The van der Waals surface area contributed by atoms with Gasteiger partial charge in [-0.25, -0.2) is 13.2 Å². The Kier molecular flexibility index (Phi) is 7.19. The van der Waals surface area contributed by atoms with E-state index >= 15 is 0 Å². The molecule has 10 heteroatoms. The lowest BCUT2D eigenvalue weighted by molar-refractivity contribution is -0.228. The highest BCUT2D eigenvalue weighted by atomic mass is 19.4. The summed E-state index contributed by atoms with van der Waals surface area (Å²) in [5.41, 5.74) is -3.08. The number of carbonyl (C=O) groups excluding carboxylic acids is 1. The molecule has 2 aliphatic carbocycles. The van der Waals surface area contributed by atoms with Crippen LogP contribution in [0.2, 0.25) is 0 Å². The predicted octanol–water partition coefficient (Wildman–Crippen LogP) is 6.63. The van der Waals surface area contributed by atoms with E-state index < -0.39 is 46.3 Å². The molecule has 3 aliphatic rings. The third-order valence-corrected chi connectivity index (χ3v) is 9.43. The molecule has 0 bridgehead atoms. The summed E-state index contributed by atoms with van der Waals surface area (Å²) in [6.45, 7) is 0.864. The highest BCUT2D eigenvalue weighted by Gasteiger charge is 2.56. The number of carboxylic acids is 1. The fourth-order valence-electron chi connectivity index (χ4n) is 7.12. The van der Waals surface area contributed by atoms with Crippen molar-refractivity contribution < 1.29 is 41.0 Å². The van der Waals surface area contributed by atoms with E-state index in [1.807, 2.05) is 0 Å². The third kappa shape index (κ3) is 4.77. The zero-order valence-electron chi connectivity index (χ0n) is 22.0. The van der Waals surface area contributed by atoms with Gasteiger partial charge in [-0.2, -0.15) is 13.2 Å². The molecule has 5 rings (SSSR count). The number of aliphatic carboxylic acids is 1. The van der Waals surface area contributed by atoms with Crippen molar-refractivity contribution in [3.8, 4) is 0 Å². The number of nitrogens with zero attached hydrogens (tertiary/aromatic N) is 1.